The summed E-state index contributed by atoms with van der Waals surface area (Å²) < 4.78 is 0. The molecule has 1 aliphatic carbocycles. The summed E-state index contributed by atoms with van der Waals surface area (Å²) in [4.78, 5) is 32.6. The second-order valence-corrected chi connectivity index (χ2v) is 6.57. The first-order valence-electron chi connectivity index (χ1n) is 8.82. The number of nitrogens with zero attached hydrogens (tertiary/aromatic N) is 2. The fourth-order valence-corrected chi connectivity index (χ4v) is 3.28. The van der Waals surface area contributed by atoms with Crippen LogP contribution in [0.25, 0.3) is 0 Å². The van der Waals surface area contributed by atoms with E-state index >= 15 is 0 Å². The molecule has 0 spiro atoms. The number of phenols is 1. The van der Waals surface area contributed by atoms with Crippen LogP contribution < -0.4 is 5.32 Å². The van der Waals surface area contributed by atoms with E-state index in [-0.39, 0.29) is 30.4 Å². The lowest BCUT2D eigenvalue weighted by atomic mass is 9.90. The van der Waals surface area contributed by atoms with Gasteiger partial charge in [0.1, 0.15) is 0 Å². The van der Waals surface area contributed by atoms with Crippen LogP contribution in [0.3, 0.4) is 0 Å². The van der Waals surface area contributed by atoms with E-state index in [0.717, 1.165) is 50.7 Å². The molecule has 0 heterocycles. The zero-order chi connectivity index (χ0) is 19.1. The van der Waals surface area contributed by atoms with E-state index in [4.69, 9.17) is 0 Å². The van der Waals surface area contributed by atoms with E-state index in [9.17, 15) is 30.1 Å². The Labute approximate surface area is 150 Å². The fourth-order valence-electron chi connectivity index (χ4n) is 3.28. The number of phenolic OH excluding ortho intramolecular Hbond substituents is 1. The highest BCUT2D eigenvalue weighted by Gasteiger charge is 2.24. The van der Waals surface area contributed by atoms with Gasteiger partial charge in [-0.05, 0) is 19.3 Å². The van der Waals surface area contributed by atoms with Crippen molar-refractivity contribution in [3.63, 3.8) is 0 Å². The number of hydrogen-bond donors (Lipinski definition) is 2. The molecule has 0 aromatic heterocycles. The van der Waals surface area contributed by atoms with Crippen LogP contribution in [0.2, 0.25) is 0 Å². The van der Waals surface area contributed by atoms with Gasteiger partial charge in [0.15, 0.2) is 5.75 Å². The fraction of sp³-hybridized carbons (Fsp3) is 0.588. The van der Waals surface area contributed by atoms with Crippen molar-refractivity contribution < 1.29 is 19.7 Å². The van der Waals surface area contributed by atoms with Gasteiger partial charge in [0.25, 0.3) is 5.69 Å². The molecule has 0 aliphatic heterocycles. The van der Waals surface area contributed by atoms with Crippen LogP contribution in [0, 0.1) is 26.1 Å². The Morgan fingerprint density at radius 3 is 2.27 bits per heavy atom. The largest absolute Gasteiger partial charge is 0.502 e. The minimum absolute atomic E-state index is 0.0386. The first-order valence-corrected chi connectivity index (χ1v) is 8.82. The maximum Gasteiger partial charge on any atom is 0.317 e. The smallest absolute Gasteiger partial charge is 0.317 e. The normalized spacial score (nSPS) is 15.7. The lowest BCUT2D eigenvalue weighted by Gasteiger charge is -2.19. The topological polar surface area (TPSA) is 136 Å². The van der Waals surface area contributed by atoms with E-state index in [2.05, 4.69) is 5.32 Å². The zero-order valence-corrected chi connectivity index (χ0v) is 14.5. The first-order chi connectivity index (χ1) is 12.4. The molecule has 26 heavy (non-hydrogen) atoms. The molecule has 1 aliphatic rings. The molecule has 0 unspecified atom stereocenters. The number of benzene rings is 1. The van der Waals surface area contributed by atoms with Crippen molar-refractivity contribution >= 4 is 17.3 Å². The third kappa shape index (κ3) is 5.14. The van der Waals surface area contributed by atoms with Gasteiger partial charge >= 0.3 is 5.69 Å². The lowest BCUT2D eigenvalue weighted by Crippen LogP contribution is -2.32. The summed E-state index contributed by atoms with van der Waals surface area (Å²) in [5.74, 6) is -0.699. The van der Waals surface area contributed by atoms with Crippen LogP contribution in [-0.4, -0.2) is 27.4 Å². The van der Waals surface area contributed by atoms with E-state index in [1.807, 2.05) is 0 Å². The predicted octanol–water partition coefficient (Wildman–Crippen LogP) is 3.23. The molecule has 1 fully saturated rings. The van der Waals surface area contributed by atoms with Crippen molar-refractivity contribution in [2.24, 2.45) is 5.92 Å². The Morgan fingerprint density at radius 1 is 1.08 bits per heavy atom. The summed E-state index contributed by atoms with van der Waals surface area (Å²) >= 11 is 0. The van der Waals surface area contributed by atoms with Crippen LogP contribution in [0.1, 0.15) is 50.5 Å². The van der Waals surface area contributed by atoms with E-state index < -0.39 is 27.0 Å². The molecule has 0 radical (unpaired) electrons. The molecule has 0 atom stereocenters. The number of carbonyl (C=O) groups is 1. The average Bonchev–Trinajstić information content (AvgIpc) is 2.55. The standard InChI is InChI=1S/C17H23N3O6/c21-16-13(10-14(19(23)24)11-15(16)20(25)26)8-9-18-17(22)12-6-4-2-1-3-5-7-12/h10-12,21H,1-9H2,(H,18,22). The zero-order valence-electron chi connectivity index (χ0n) is 14.5. The van der Waals surface area contributed by atoms with Gasteiger partial charge < -0.3 is 10.4 Å². The Hall–Kier alpha value is -2.71. The van der Waals surface area contributed by atoms with Crippen molar-refractivity contribution in [2.45, 2.75) is 51.4 Å². The summed E-state index contributed by atoms with van der Waals surface area (Å²) in [5.41, 5.74) is -1.10. The molecule has 2 rings (SSSR count). The van der Waals surface area contributed by atoms with Crippen LogP contribution in [0.5, 0.6) is 5.75 Å². The number of rotatable bonds is 6. The van der Waals surface area contributed by atoms with E-state index in [1.54, 1.807) is 0 Å². The summed E-state index contributed by atoms with van der Waals surface area (Å²) in [6.45, 7) is 0.154. The van der Waals surface area contributed by atoms with Crippen molar-refractivity contribution in [3.8, 4) is 5.75 Å². The van der Waals surface area contributed by atoms with Gasteiger partial charge in [-0.1, -0.05) is 32.1 Å². The molecular formula is C17H23N3O6. The third-order valence-corrected chi connectivity index (χ3v) is 4.73. The van der Waals surface area contributed by atoms with Gasteiger partial charge in [0.05, 0.1) is 15.9 Å². The maximum absolute atomic E-state index is 12.3. The molecular weight excluding hydrogens is 342 g/mol. The molecule has 1 saturated carbocycles. The van der Waals surface area contributed by atoms with Crippen molar-refractivity contribution in [1.29, 1.82) is 0 Å². The molecule has 1 aromatic carbocycles. The number of carbonyl (C=O) groups excluding carboxylic acids is 1. The molecule has 9 nitrogen and oxygen atoms in total. The number of amides is 1. The monoisotopic (exact) mass is 365 g/mol. The van der Waals surface area contributed by atoms with E-state index in [1.165, 1.54) is 6.42 Å². The Morgan fingerprint density at radius 2 is 1.69 bits per heavy atom. The Kier molecular flexibility index (Phi) is 6.88. The van der Waals surface area contributed by atoms with Gasteiger partial charge in [-0.3, -0.25) is 25.0 Å². The summed E-state index contributed by atoms with van der Waals surface area (Å²) in [6, 6.07) is 1.83. The Bertz CT molecular complexity index is 683. The number of nitro groups is 2. The van der Waals surface area contributed by atoms with Gasteiger partial charge in [-0.25, -0.2) is 0 Å². The number of hydrogen-bond acceptors (Lipinski definition) is 6. The second-order valence-electron chi connectivity index (χ2n) is 6.57. The van der Waals surface area contributed by atoms with Gasteiger partial charge in [0, 0.05) is 24.1 Å². The number of nitro benzene ring substituents is 2. The highest BCUT2D eigenvalue weighted by molar-refractivity contribution is 5.78. The van der Waals surface area contributed by atoms with Crippen LogP contribution in [0.15, 0.2) is 12.1 Å². The quantitative estimate of drug-likeness (QED) is 0.587. The summed E-state index contributed by atoms with van der Waals surface area (Å²) in [6.07, 6.45) is 7.29. The SMILES string of the molecule is O=C(NCCc1cc([N+](=O)[O-])cc([N+](=O)[O-])c1O)C1CCCCCCC1. The van der Waals surface area contributed by atoms with E-state index in [0.29, 0.717) is 0 Å². The average molecular weight is 365 g/mol. The minimum Gasteiger partial charge on any atom is -0.502 e. The maximum atomic E-state index is 12.3. The molecule has 142 valence electrons. The number of non-ortho nitro benzene ring substituents is 1. The Balaban J connectivity index is 2.00. The second kappa shape index (κ2) is 9.12. The van der Waals surface area contributed by atoms with Crippen molar-refractivity contribution in [3.05, 3.63) is 37.9 Å². The van der Waals surface area contributed by atoms with Gasteiger partial charge in [0.2, 0.25) is 5.91 Å². The first kappa shape index (κ1) is 19.6. The molecule has 0 saturated heterocycles. The predicted molar refractivity (Wildman–Crippen MR) is 93.9 cm³/mol. The van der Waals surface area contributed by atoms with Crippen LogP contribution >= 0.6 is 0 Å². The molecule has 9 heteroatoms. The highest BCUT2D eigenvalue weighted by atomic mass is 16.6. The highest BCUT2D eigenvalue weighted by Crippen LogP contribution is 2.34. The number of aromatic hydroxyl groups is 1. The lowest BCUT2D eigenvalue weighted by molar-refractivity contribution is -0.394. The van der Waals surface area contributed by atoms with Crippen molar-refractivity contribution in [1.82, 2.24) is 5.32 Å². The van der Waals surface area contributed by atoms with Crippen LogP contribution in [-0.2, 0) is 11.2 Å². The molecule has 1 aromatic rings. The molecule has 0 bridgehead atoms. The van der Waals surface area contributed by atoms with Gasteiger partial charge in [-0.15, -0.1) is 0 Å². The summed E-state index contributed by atoms with van der Waals surface area (Å²) in [5, 5.41) is 34.6. The molecule has 2 N–H and O–H groups in total. The van der Waals surface area contributed by atoms with Crippen LogP contribution in [0.4, 0.5) is 11.4 Å². The molecule has 1 amide bonds. The van der Waals surface area contributed by atoms with Crippen molar-refractivity contribution in [2.75, 3.05) is 6.54 Å². The number of nitrogens with one attached hydrogen (secondary N) is 1. The van der Waals surface area contributed by atoms with Gasteiger partial charge in [-0.2, -0.15) is 0 Å². The minimum atomic E-state index is -0.862. The third-order valence-electron chi connectivity index (χ3n) is 4.73. The summed E-state index contributed by atoms with van der Waals surface area (Å²) in [7, 11) is 0.